The molecule has 122 valence electrons. The summed E-state index contributed by atoms with van der Waals surface area (Å²) >= 11 is 1.77. The minimum Gasteiger partial charge on any atom is -0.341 e. The number of para-hydroxylation sites is 1. The Balaban J connectivity index is 1.75. The van der Waals surface area contributed by atoms with Gasteiger partial charge in [0.05, 0.1) is 12.2 Å². The zero-order chi connectivity index (χ0) is 16.6. The van der Waals surface area contributed by atoms with Gasteiger partial charge in [-0.05, 0) is 44.5 Å². The molecular formula is C16H19N3O2S2. The Hall–Kier alpha value is -1.70. The fraction of sp³-hybridized carbons (Fsp3) is 0.312. The molecular weight excluding hydrogens is 330 g/mol. The normalized spacial score (nSPS) is 17.1. The number of aryl methyl sites for hydroxylation is 2. The van der Waals surface area contributed by atoms with Crippen LogP contribution in [0.25, 0.3) is 0 Å². The molecule has 0 fully saturated rings. The van der Waals surface area contributed by atoms with Crippen LogP contribution in [-0.4, -0.2) is 20.8 Å². The van der Waals surface area contributed by atoms with Crippen molar-refractivity contribution in [3.63, 3.8) is 0 Å². The molecule has 2 heterocycles. The van der Waals surface area contributed by atoms with Gasteiger partial charge in [-0.25, -0.2) is 0 Å². The third-order valence-corrected chi connectivity index (χ3v) is 6.15. The van der Waals surface area contributed by atoms with Crippen LogP contribution in [0.15, 0.2) is 39.6 Å². The summed E-state index contributed by atoms with van der Waals surface area (Å²) in [6.45, 7) is 6.62. The number of benzene rings is 1. The van der Waals surface area contributed by atoms with Crippen molar-refractivity contribution in [2.24, 2.45) is 4.40 Å². The zero-order valence-corrected chi connectivity index (χ0v) is 14.9. The first-order chi connectivity index (χ1) is 10.9. The molecule has 1 aromatic carbocycles. The number of amidine groups is 1. The molecule has 0 saturated heterocycles. The number of hydrogen-bond donors (Lipinski definition) is 2. The predicted octanol–water partition coefficient (Wildman–Crippen LogP) is 3.23. The maximum Gasteiger partial charge on any atom is 0.286 e. The van der Waals surface area contributed by atoms with Gasteiger partial charge in [-0.3, -0.25) is 0 Å². The van der Waals surface area contributed by atoms with E-state index < -0.39 is 10.0 Å². The lowest BCUT2D eigenvalue weighted by Gasteiger charge is -2.20. The zero-order valence-electron chi connectivity index (χ0n) is 13.3. The summed E-state index contributed by atoms with van der Waals surface area (Å²) in [5, 5.41) is 6.43. The van der Waals surface area contributed by atoms with Gasteiger partial charge in [0.1, 0.15) is 10.7 Å². The van der Waals surface area contributed by atoms with E-state index in [9.17, 15) is 8.42 Å². The third kappa shape index (κ3) is 3.31. The van der Waals surface area contributed by atoms with Crippen molar-refractivity contribution in [3.05, 3.63) is 45.6 Å². The molecule has 5 nitrogen and oxygen atoms in total. The first-order valence-corrected chi connectivity index (χ1v) is 9.62. The second-order valence-electron chi connectivity index (χ2n) is 5.61. The van der Waals surface area contributed by atoms with Crippen LogP contribution in [0.1, 0.15) is 28.3 Å². The van der Waals surface area contributed by atoms with Gasteiger partial charge in [-0.15, -0.1) is 15.7 Å². The van der Waals surface area contributed by atoms with E-state index in [2.05, 4.69) is 41.9 Å². The smallest absolute Gasteiger partial charge is 0.286 e. The highest BCUT2D eigenvalue weighted by Crippen LogP contribution is 2.28. The molecule has 23 heavy (non-hydrogen) atoms. The molecule has 2 aromatic rings. The molecule has 2 N–H and O–H groups in total. The van der Waals surface area contributed by atoms with E-state index in [1.165, 1.54) is 15.3 Å². The fourth-order valence-electron chi connectivity index (χ4n) is 2.68. The fourth-order valence-corrected chi connectivity index (χ4v) is 4.85. The van der Waals surface area contributed by atoms with E-state index in [1.807, 2.05) is 0 Å². The van der Waals surface area contributed by atoms with Gasteiger partial charge in [0.25, 0.3) is 10.0 Å². The van der Waals surface area contributed by atoms with Crippen molar-refractivity contribution in [2.45, 2.75) is 31.7 Å². The van der Waals surface area contributed by atoms with Crippen LogP contribution in [0, 0.1) is 13.8 Å². The van der Waals surface area contributed by atoms with Crippen LogP contribution < -0.4 is 10.6 Å². The second kappa shape index (κ2) is 6.07. The predicted molar refractivity (Wildman–Crippen MR) is 94.9 cm³/mol. The molecule has 3 rings (SSSR count). The Morgan fingerprint density at radius 1 is 1.30 bits per heavy atom. The number of anilines is 1. The highest BCUT2D eigenvalue weighted by Gasteiger charge is 2.24. The number of thiophene rings is 1. The number of sulfonamides is 1. The van der Waals surface area contributed by atoms with Gasteiger partial charge in [-0.1, -0.05) is 12.1 Å². The number of rotatable bonds is 4. The third-order valence-electron chi connectivity index (χ3n) is 3.80. The Bertz CT molecular complexity index is 869. The van der Waals surface area contributed by atoms with Crippen molar-refractivity contribution in [1.82, 2.24) is 5.32 Å². The maximum atomic E-state index is 12.2. The monoisotopic (exact) mass is 349 g/mol. The topological polar surface area (TPSA) is 70.6 Å². The van der Waals surface area contributed by atoms with Gasteiger partial charge in [0.15, 0.2) is 0 Å². The second-order valence-corrected chi connectivity index (χ2v) is 8.64. The van der Waals surface area contributed by atoms with Crippen LogP contribution in [0.5, 0.6) is 0 Å². The Morgan fingerprint density at radius 2 is 2.04 bits per heavy atom. The Morgan fingerprint density at radius 3 is 2.74 bits per heavy atom. The van der Waals surface area contributed by atoms with Gasteiger partial charge >= 0.3 is 0 Å². The molecule has 0 bridgehead atoms. The lowest BCUT2D eigenvalue weighted by atomic mass is 10.1. The standard InChI is InChI=1S/C16H19N3O2S2/c1-10-8-13(12(3)22-10)11(2)17-9-16-18-14-6-4-5-7-15(14)23(20,21)19-16/h4-8,11,17H,9H2,1-3H3,(H,18,19)/t11-/m1/s1. The highest BCUT2D eigenvalue weighted by molar-refractivity contribution is 7.90. The summed E-state index contributed by atoms with van der Waals surface area (Å²) in [5.41, 5.74) is 1.82. The molecule has 0 spiro atoms. The quantitative estimate of drug-likeness (QED) is 0.889. The first-order valence-electron chi connectivity index (χ1n) is 7.37. The summed E-state index contributed by atoms with van der Waals surface area (Å²) in [6, 6.07) is 9.10. The molecule has 0 unspecified atom stereocenters. The minimum absolute atomic E-state index is 0.129. The van der Waals surface area contributed by atoms with Gasteiger partial charge in [0.2, 0.25) is 0 Å². The average molecular weight is 349 g/mol. The highest BCUT2D eigenvalue weighted by atomic mass is 32.2. The van der Waals surface area contributed by atoms with E-state index in [0.717, 1.165) is 0 Å². The van der Waals surface area contributed by atoms with Crippen molar-refractivity contribution in [3.8, 4) is 0 Å². The van der Waals surface area contributed by atoms with Crippen LogP contribution in [0.3, 0.4) is 0 Å². The molecule has 7 heteroatoms. The van der Waals surface area contributed by atoms with Crippen LogP contribution >= 0.6 is 11.3 Å². The van der Waals surface area contributed by atoms with E-state index >= 15 is 0 Å². The van der Waals surface area contributed by atoms with Crippen molar-refractivity contribution in [2.75, 3.05) is 11.9 Å². The van der Waals surface area contributed by atoms with Crippen LogP contribution in [0.2, 0.25) is 0 Å². The summed E-state index contributed by atoms with van der Waals surface area (Å²) < 4.78 is 28.3. The van der Waals surface area contributed by atoms with Crippen molar-refractivity contribution < 1.29 is 8.42 Å². The lowest BCUT2D eigenvalue weighted by molar-refractivity contribution is 0.596. The van der Waals surface area contributed by atoms with Gasteiger partial charge in [0, 0.05) is 15.8 Å². The summed E-state index contributed by atoms with van der Waals surface area (Å²) in [6.07, 6.45) is 0. The van der Waals surface area contributed by atoms with Crippen molar-refractivity contribution >= 4 is 32.9 Å². The molecule has 0 saturated carbocycles. The van der Waals surface area contributed by atoms with E-state index in [0.29, 0.717) is 18.1 Å². The number of nitrogens with one attached hydrogen (secondary N) is 2. The summed E-state index contributed by atoms with van der Waals surface area (Å²) in [4.78, 5) is 2.77. The van der Waals surface area contributed by atoms with Crippen LogP contribution in [-0.2, 0) is 10.0 Å². The SMILES string of the molecule is Cc1cc([C@@H](C)NCC2=NS(=O)(=O)c3ccccc3N2)c(C)s1. The molecule has 0 radical (unpaired) electrons. The number of nitrogens with zero attached hydrogens (tertiary/aromatic N) is 1. The number of hydrogen-bond acceptors (Lipinski definition) is 5. The molecule has 1 aromatic heterocycles. The van der Waals surface area contributed by atoms with Gasteiger partial charge < -0.3 is 10.6 Å². The van der Waals surface area contributed by atoms with Gasteiger partial charge in [-0.2, -0.15) is 8.42 Å². The first kappa shape index (κ1) is 16.2. The molecule has 0 amide bonds. The average Bonchev–Trinajstić information content (AvgIpc) is 2.83. The maximum absolute atomic E-state index is 12.2. The molecule has 1 aliphatic heterocycles. The summed E-state index contributed by atoms with van der Waals surface area (Å²) in [5.74, 6) is 0.417. The summed E-state index contributed by atoms with van der Waals surface area (Å²) in [7, 11) is -3.62. The van der Waals surface area contributed by atoms with E-state index in [4.69, 9.17) is 0 Å². The molecule has 0 aliphatic carbocycles. The van der Waals surface area contributed by atoms with E-state index in [1.54, 1.807) is 35.6 Å². The molecule has 1 aliphatic rings. The Labute approximate surface area is 140 Å². The lowest BCUT2D eigenvalue weighted by Crippen LogP contribution is -2.33. The minimum atomic E-state index is -3.62. The van der Waals surface area contributed by atoms with Crippen molar-refractivity contribution in [1.29, 1.82) is 0 Å². The van der Waals surface area contributed by atoms with E-state index in [-0.39, 0.29) is 10.9 Å². The number of fused-ring (bicyclic) bond motifs is 1. The van der Waals surface area contributed by atoms with Crippen LogP contribution in [0.4, 0.5) is 5.69 Å². The largest absolute Gasteiger partial charge is 0.341 e. The molecule has 1 atom stereocenters. The Kier molecular flexibility index (Phi) is 4.27.